The number of halogens is 2. The Morgan fingerprint density at radius 3 is 2.07 bits per heavy atom. The van der Waals surface area contributed by atoms with Crippen LogP contribution in [0.15, 0.2) is 63.4 Å². The molecule has 0 unspecified atom stereocenters. The third kappa shape index (κ3) is 5.95. The average Bonchev–Trinajstić information content (AvgIpc) is 2.88. The monoisotopic (exact) mass is 637 g/mol. The summed E-state index contributed by atoms with van der Waals surface area (Å²) < 4.78 is 26.7. The maximum Gasteiger partial charge on any atom is 0.175 e. The zero-order chi connectivity index (χ0) is 30.4. The standard InChI is InChI=1S/C35H41BrFNO4/c1-7-12-38-25-16-34(3,4)18-27(39)31(25)30(32-26(38)17-35(5,6)19-28(32)40)22-14-24(36)33(29(15-22)41-8-2)42-20-21-10-9-11-23(37)13-21/h9-11,13-15,30H,7-8,12,16-20H2,1-6H3. The molecule has 1 aliphatic heterocycles. The van der Waals surface area contributed by atoms with Crippen molar-refractivity contribution in [1.82, 2.24) is 4.90 Å². The van der Waals surface area contributed by atoms with Gasteiger partial charge in [-0.25, -0.2) is 4.39 Å². The highest BCUT2D eigenvalue weighted by Crippen LogP contribution is 2.55. The molecule has 2 aromatic rings. The van der Waals surface area contributed by atoms with Crippen LogP contribution in [0.2, 0.25) is 0 Å². The summed E-state index contributed by atoms with van der Waals surface area (Å²) in [5, 5.41) is 0. The predicted octanol–water partition coefficient (Wildman–Crippen LogP) is 8.66. The van der Waals surface area contributed by atoms with Gasteiger partial charge in [-0.05, 0) is 88.3 Å². The number of benzene rings is 2. The van der Waals surface area contributed by atoms with Crippen LogP contribution in [-0.2, 0) is 16.2 Å². The molecule has 5 nitrogen and oxygen atoms in total. The summed E-state index contributed by atoms with van der Waals surface area (Å²) in [6.07, 6.45) is 3.37. The Bertz CT molecular complexity index is 1430. The number of carbonyl (C=O) groups excluding carboxylic acids is 2. The molecule has 0 N–H and O–H groups in total. The lowest BCUT2D eigenvalue weighted by atomic mass is 9.63. The Hall–Kier alpha value is -2.93. The Morgan fingerprint density at radius 2 is 1.52 bits per heavy atom. The van der Waals surface area contributed by atoms with Crippen molar-refractivity contribution in [3.8, 4) is 11.5 Å². The minimum atomic E-state index is -0.469. The van der Waals surface area contributed by atoms with E-state index < -0.39 is 5.92 Å². The van der Waals surface area contributed by atoms with Crippen molar-refractivity contribution in [2.75, 3.05) is 13.2 Å². The molecular formula is C35H41BrFNO4. The summed E-state index contributed by atoms with van der Waals surface area (Å²) in [5.74, 6) is 0.450. The number of allylic oxidation sites excluding steroid dienone is 4. The molecule has 0 fully saturated rings. The van der Waals surface area contributed by atoms with Gasteiger partial charge in [-0.15, -0.1) is 0 Å². The summed E-state index contributed by atoms with van der Waals surface area (Å²) in [6.45, 7) is 14.0. The van der Waals surface area contributed by atoms with Crippen molar-refractivity contribution in [2.24, 2.45) is 10.8 Å². The van der Waals surface area contributed by atoms with E-state index in [9.17, 15) is 14.0 Å². The first-order chi connectivity index (χ1) is 19.8. The molecule has 0 saturated heterocycles. The van der Waals surface area contributed by atoms with Crippen LogP contribution in [0.4, 0.5) is 4.39 Å². The Kier molecular flexibility index (Phi) is 8.45. The van der Waals surface area contributed by atoms with Crippen LogP contribution in [0.3, 0.4) is 0 Å². The molecule has 1 heterocycles. The summed E-state index contributed by atoms with van der Waals surface area (Å²) in [7, 11) is 0. The zero-order valence-corrected chi connectivity index (χ0v) is 27.1. The molecule has 5 rings (SSSR count). The fourth-order valence-corrected chi connectivity index (χ4v) is 7.39. The number of hydrogen-bond acceptors (Lipinski definition) is 5. The van der Waals surface area contributed by atoms with Gasteiger partial charge >= 0.3 is 0 Å². The summed E-state index contributed by atoms with van der Waals surface area (Å²) in [5.41, 5.74) is 4.83. The molecule has 42 heavy (non-hydrogen) atoms. The van der Waals surface area contributed by atoms with Gasteiger partial charge < -0.3 is 14.4 Å². The van der Waals surface area contributed by atoms with Gasteiger partial charge in [0.25, 0.3) is 0 Å². The first-order valence-corrected chi connectivity index (χ1v) is 15.8. The second kappa shape index (κ2) is 11.6. The lowest BCUT2D eigenvalue weighted by Crippen LogP contribution is -2.44. The lowest BCUT2D eigenvalue weighted by molar-refractivity contribution is -0.119. The van der Waals surface area contributed by atoms with Gasteiger partial charge in [0.1, 0.15) is 12.4 Å². The highest BCUT2D eigenvalue weighted by Gasteiger charge is 2.49. The van der Waals surface area contributed by atoms with Gasteiger partial charge in [0.2, 0.25) is 0 Å². The zero-order valence-electron chi connectivity index (χ0n) is 25.5. The number of hydrogen-bond donors (Lipinski definition) is 0. The summed E-state index contributed by atoms with van der Waals surface area (Å²) in [6, 6.07) is 10.2. The quantitative estimate of drug-likeness (QED) is 0.290. The van der Waals surface area contributed by atoms with Crippen molar-refractivity contribution in [2.45, 2.75) is 86.2 Å². The molecule has 0 amide bonds. The molecule has 0 radical (unpaired) electrons. The van der Waals surface area contributed by atoms with Crippen LogP contribution in [-0.4, -0.2) is 29.6 Å². The maximum atomic E-state index is 14.0. The minimum absolute atomic E-state index is 0.108. The van der Waals surface area contributed by atoms with Gasteiger partial charge in [0, 0.05) is 47.8 Å². The van der Waals surface area contributed by atoms with Gasteiger partial charge in [0.05, 0.1) is 11.1 Å². The molecule has 2 aliphatic carbocycles. The topological polar surface area (TPSA) is 55.8 Å². The largest absolute Gasteiger partial charge is 0.490 e. The third-order valence-corrected chi connectivity index (χ3v) is 9.00. The smallest absolute Gasteiger partial charge is 0.175 e. The number of ether oxygens (including phenoxy) is 2. The van der Waals surface area contributed by atoms with E-state index in [0.717, 1.165) is 53.9 Å². The second-order valence-corrected chi connectivity index (χ2v) is 14.2. The van der Waals surface area contributed by atoms with E-state index in [1.165, 1.54) is 12.1 Å². The molecule has 224 valence electrons. The van der Waals surface area contributed by atoms with Gasteiger partial charge in [-0.3, -0.25) is 9.59 Å². The third-order valence-electron chi connectivity index (χ3n) is 8.41. The number of rotatable bonds is 8. The van der Waals surface area contributed by atoms with E-state index in [-0.39, 0.29) is 34.8 Å². The SMILES string of the molecule is CCCN1C2=C(C(=O)CC(C)(C)C2)C(c2cc(Br)c(OCc3cccc(F)c3)c(OCC)c2)C2=C1CC(C)(C)CC2=O. The fraction of sp³-hybridized carbons (Fsp3) is 0.486. The second-order valence-electron chi connectivity index (χ2n) is 13.4. The highest BCUT2D eigenvalue weighted by molar-refractivity contribution is 9.10. The first kappa shape index (κ1) is 30.5. The molecule has 0 saturated carbocycles. The molecule has 0 aromatic heterocycles. The van der Waals surface area contributed by atoms with E-state index >= 15 is 0 Å². The van der Waals surface area contributed by atoms with E-state index in [2.05, 4.69) is 55.4 Å². The van der Waals surface area contributed by atoms with Crippen molar-refractivity contribution in [3.05, 3.63) is 80.4 Å². The molecule has 0 atom stereocenters. The van der Waals surface area contributed by atoms with Crippen LogP contribution in [0.5, 0.6) is 11.5 Å². The summed E-state index contributed by atoms with van der Waals surface area (Å²) >= 11 is 3.71. The Balaban J connectivity index is 1.67. The molecular weight excluding hydrogens is 597 g/mol. The van der Waals surface area contributed by atoms with Crippen LogP contribution in [0.25, 0.3) is 0 Å². The number of nitrogens with zero attached hydrogens (tertiary/aromatic N) is 1. The van der Waals surface area contributed by atoms with Gasteiger partial charge in [-0.1, -0.05) is 46.8 Å². The number of ketones is 2. The Labute approximate surface area is 257 Å². The summed E-state index contributed by atoms with van der Waals surface area (Å²) in [4.78, 5) is 30.4. The predicted molar refractivity (Wildman–Crippen MR) is 166 cm³/mol. The van der Waals surface area contributed by atoms with Crippen LogP contribution >= 0.6 is 15.9 Å². The van der Waals surface area contributed by atoms with Crippen molar-refractivity contribution >= 4 is 27.5 Å². The maximum absolute atomic E-state index is 14.0. The van der Waals surface area contributed by atoms with E-state index in [1.54, 1.807) is 6.07 Å². The van der Waals surface area contributed by atoms with Crippen LogP contribution in [0.1, 0.15) is 90.7 Å². The Morgan fingerprint density at radius 1 is 0.905 bits per heavy atom. The van der Waals surface area contributed by atoms with Crippen molar-refractivity contribution in [3.63, 3.8) is 0 Å². The van der Waals surface area contributed by atoms with Gasteiger partial charge in [0.15, 0.2) is 23.1 Å². The molecule has 7 heteroatoms. The van der Waals surface area contributed by atoms with Crippen molar-refractivity contribution in [1.29, 1.82) is 0 Å². The number of Topliss-reactive ketones (excluding diaryl/α,β-unsaturated/α-hetero) is 2. The molecule has 2 aromatic carbocycles. The number of carbonyl (C=O) groups is 2. The fourth-order valence-electron chi connectivity index (χ4n) is 6.81. The normalized spacial score (nSPS) is 20.0. The van der Waals surface area contributed by atoms with E-state index in [0.29, 0.717) is 41.0 Å². The van der Waals surface area contributed by atoms with Crippen molar-refractivity contribution < 1.29 is 23.5 Å². The average molecular weight is 639 g/mol. The minimum Gasteiger partial charge on any atom is -0.490 e. The van der Waals surface area contributed by atoms with Gasteiger partial charge in [-0.2, -0.15) is 0 Å². The van der Waals surface area contributed by atoms with Crippen LogP contribution < -0.4 is 9.47 Å². The highest BCUT2D eigenvalue weighted by atomic mass is 79.9. The first-order valence-electron chi connectivity index (χ1n) is 15.0. The molecule has 0 bridgehead atoms. The molecule has 0 spiro atoms. The van der Waals surface area contributed by atoms with Crippen LogP contribution in [0, 0.1) is 16.6 Å². The lowest BCUT2D eigenvalue weighted by Gasteiger charge is -2.49. The van der Waals surface area contributed by atoms with E-state index in [1.807, 2.05) is 25.1 Å². The molecule has 3 aliphatic rings. The van der Waals surface area contributed by atoms with E-state index in [4.69, 9.17) is 9.47 Å².